The summed E-state index contributed by atoms with van der Waals surface area (Å²) >= 11 is 0. The van der Waals surface area contributed by atoms with Gasteiger partial charge in [0, 0.05) is 19.3 Å². The third kappa shape index (κ3) is 2.97. The maximum atomic E-state index is 12.2. The normalized spacial score (nSPS) is 11.6. The number of nitriles is 1. The Kier molecular flexibility index (Phi) is 4.11. The molecule has 0 heterocycles. The fourth-order valence-electron chi connectivity index (χ4n) is 1.71. The molecule has 0 spiro atoms. The molecule has 1 atom stereocenters. The van der Waals surface area contributed by atoms with Crippen molar-refractivity contribution in [1.29, 1.82) is 5.26 Å². The lowest BCUT2D eigenvalue weighted by Crippen LogP contribution is -2.31. The molecule has 0 aliphatic heterocycles. The summed E-state index contributed by atoms with van der Waals surface area (Å²) < 4.78 is 0. The predicted octanol–water partition coefficient (Wildman–Crippen LogP) is 1.81. The van der Waals surface area contributed by atoms with Gasteiger partial charge in [0.15, 0.2) is 0 Å². The molecule has 0 aliphatic rings. The lowest BCUT2D eigenvalue weighted by molar-refractivity contribution is 0.0785. The summed E-state index contributed by atoms with van der Waals surface area (Å²) in [5, 5.41) is 8.73. The van der Waals surface area contributed by atoms with Crippen molar-refractivity contribution in [3.05, 3.63) is 29.3 Å². The van der Waals surface area contributed by atoms with Gasteiger partial charge in [-0.1, -0.05) is 12.1 Å². The van der Waals surface area contributed by atoms with Crippen LogP contribution in [0.1, 0.15) is 22.8 Å². The molecule has 2 N–H and O–H groups in total. The number of hydrogen-bond acceptors (Lipinski definition) is 3. The van der Waals surface area contributed by atoms with Crippen molar-refractivity contribution in [2.75, 3.05) is 19.3 Å². The number of hydrogen-bond donors (Lipinski definition) is 1. The van der Waals surface area contributed by atoms with E-state index in [-0.39, 0.29) is 11.8 Å². The molecule has 17 heavy (non-hydrogen) atoms. The smallest absolute Gasteiger partial charge is 0.255 e. The molecular formula is C13H17N3O. The molecular weight excluding hydrogens is 214 g/mol. The van der Waals surface area contributed by atoms with E-state index in [1.54, 1.807) is 20.0 Å². The Morgan fingerprint density at radius 3 is 2.76 bits per heavy atom. The maximum absolute atomic E-state index is 12.2. The number of amides is 1. The van der Waals surface area contributed by atoms with Crippen LogP contribution in [-0.4, -0.2) is 24.4 Å². The summed E-state index contributed by atoms with van der Waals surface area (Å²) in [5.41, 5.74) is 7.67. The number of aryl methyl sites for hydroxylation is 1. The number of rotatable bonds is 3. The highest BCUT2D eigenvalue weighted by molar-refractivity contribution is 6.00. The third-order valence-electron chi connectivity index (χ3n) is 2.63. The van der Waals surface area contributed by atoms with E-state index in [9.17, 15) is 4.79 Å². The van der Waals surface area contributed by atoms with Gasteiger partial charge in [0.05, 0.1) is 17.6 Å². The van der Waals surface area contributed by atoms with Crippen LogP contribution in [0.4, 0.5) is 5.69 Å². The van der Waals surface area contributed by atoms with Crippen molar-refractivity contribution in [3.8, 4) is 6.07 Å². The molecule has 0 radical (unpaired) electrons. The standard InChI is InChI=1S/C13H17N3O/c1-9(7-14)8-16(3)13(17)12-10(2)5-4-6-11(12)15/h4-6,9H,8,15H2,1-3H3. The lowest BCUT2D eigenvalue weighted by atomic mass is 10.0. The van der Waals surface area contributed by atoms with Crippen LogP contribution in [0, 0.1) is 24.2 Å². The number of anilines is 1. The number of nitrogens with zero attached hydrogens (tertiary/aromatic N) is 2. The van der Waals surface area contributed by atoms with Gasteiger partial charge in [0.1, 0.15) is 0 Å². The summed E-state index contributed by atoms with van der Waals surface area (Å²) in [6.07, 6.45) is 0. The van der Waals surface area contributed by atoms with E-state index in [1.807, 2.05) is 19.1 Å². The van der Waals surface area contributed by atoms with Crippen LogP contribution in [0.15, 0.2) is 18.2 Å². The second-order valence-corrected chi connectivity index (χ2v) is 4.25. The van der Waals surface area contributed by atoms with Crippen LogP contribution >= 0.6 is 0 Å². The molecule has 0 aromatic heterocycles. The van der Waals surface area contributed by atoms with E-state index in [1.165, 1.54) is 4.90 Å². The minimum atomic E-state index is -0.186. The second-order valence-electron chi connectivity index (χ2n) is 4.25. The Balaban J connectivity index is 2.94. The molecule has 4 nitrogen and oxygen atoms in total. The van der Waals surface area contributed by atoms with E-state index in [4.69, 9.17) is 11.0 Å². The quantitative estimate of drug-likeness (QED) is 0.806. The summed E-state index contributed by atoms with van der Waals surface area (Å²) in [7, 11) is 1.68. The van der Waals surface area contributed by atoms with Crippen molar-refractivity contribution in [1.82, 2.24) is 4.90 Å². The van der Waals surface area contributed by atoms with E-state index >= 15 is 0 Å². The average molecular weight is 231 g/mol. The molecule has 0 bridgehead atoms. The molecule has 0 aliphatic carbocycles. The van der Waals surface area contributed by atoms with Crippen LogP contribution in [-0.2, 0) is 0 Å². The fourth-order valence-corrected chi connectivity index (χ4v) is 1.71. The minimum Gasteiger partial charge on any atom is -0.398 e. The van der Waals surface area contributed by atoms with Crippen LogP contribution in [0.2, 0.25) is 0 Å². The molecule has 1 aromatic carbocycles. The molecule has 1 amide bonds. The Morgan fingerprint density at radius 2 is 2.24 bits per heavy atom. The van der Waals surface area contributed by atoms with E-state index < -0.39 is 0 Å². The zero-order valence-corrected chi connectivity index (χ0v) is 10.4. The summed E-state index contributed by atoms with van der Waals surface area (Å²) in [4.78, 5) is 13.7. The van der Waals surface area contributed by atoms with Gasteiger partial charge in [0.2, 0.25) is 0 Å². The Morgan fingerprint density at radius 1 is 1.59 bits per heavy atom. The Bertz CT molecular complexity index is 442. The summed E-state index contributed by atoms with van der Waals surface area (Å²) in [5.74, 6) is -0.322. The second kappa shape index (κ2) is 5.35. The number of carbonyl (C=O) groups excluding carboxylic acids is 1. The van der Waals surface area contributed by atoms with Crippen LogP contribution in [0.3, 0.4) is 0 Å². The highest BCUT2D eigenvalue weighted by Crippen LogP contribution is 2.18. The topological polar surface area (TPSA) is 70.1 Å². The zero-order valence-electron chi connectivity index (χ0n) is 10.4. The van der Waals surface area contributed by atoms with Crippen LogP contribution in [0.25, 0.3) is 0 Å². The molecule has 0 saturated carbocycles. The first-order valence-corrected chi connectivity index (χ1v) is 5.47. The first kappa shape index (κ1) is 13.0. The lowest BCUT2D eigenvalue weighted by Gasteiger charge is -2.20. The molecule has 0 saturated heterocycles. The Hall–Kier alpha value is -2.02. The molecule has 1 aromatic rings. The number of nitrogen functional groups attached to an aromatic ring is 1. The van der Waals surface area contributed by atoms with Gasteiger partial charge in [-0.3, -0.25) is 4.79 Å². The monoisotopic (exact) mass is 231 g/mol. The third-order valence-corrected chi connectivity index (χ3v) is 2.63. The van der Waals surface area contributed by atoms with Crippen molar-refractivity contribution >= 4 is 11.6 Å². The molecule has 1 rings (SSSR count). The van der Waals surface area contributed by atoms with Gasteiger partial charge in [-0.25, -0.2) is 0 Å². The van der Waals surface area contributed by atoms with Crippen molar-refractivity contribution < 1.29 is 4.79 Å². The van der Waals surface area contributed by atoms with E-state index in [2.05, 4.69) is 6.07 Å². The first-order valence-electron chi connectivity index (χ1n) is 5.47. The van der Waals surface area contributed by atoms with Crippen molar-refractivity contribution in [2.45, 2.75) is 13.8 Å². The minimum absolute atomic E-state index is 0.136. The van der Waals surface area contributed by atoms with Crippen molar-refractivity contribution in [2.24, 2.45) is 5.92 Å². The highest BCUT2D eigenvalue weighted by atomic mass is 16.2. The largest absolute Gasteiger partial charge is 0.398 e. The molecule has 4 heteroatoms. The van der Waals surface area contributed by atoms with E-state index in [0.29, 0.717) is 17.8 Å². The number of carbonyl (C=O) groups is 1. The first-order chi connectivity index (χ1) is 7.97. The van der Waals surface area contributed by atoms with E-state index in [0.717, 1.165) is 5.56 Å². The molecule has 90 valence electrons. The van der Waals surface area contributed by atoms with Gasteiger partial charge < -0.3 is 10.6 Å². The Labute approximate surface area is 102 Å². The fraction of sp³-hybridized carbons (Fsp3) is 0.385. The maximum Gasteiger partial charge on any atom is 0.255 e. The highest BCUT2D eigenvalue weighted by Gasteiger charge is 2.18. The predicted molar refractivity (Wildman–Crippen MR) is 67.3 cm³/mol. The summed E-state index contributed by atoms with van der Waals surface area (Å²) in [6, 6.07) is 7.49. The van der Waals surface area contributed by atoms with Gasteiger partial charge in [0.25, 0.3) is 5.91 Å². The van der Waals surface area contributed by atoms with Gasteiger partial charge >= 0.3 is 0 Å². The van der Waals surface area contributed by atoms with Crippen molar-refractivity contribution in [3.63, 3.8) is 0 Å². The number of nitrogens with two attached hydrogens (primary N) is 1. The number of benzene rings is 1. The zero-order chi connectivity index (χ0) is 13.0. The van der Waals surface area contributed by atoms with Gasteiger partial charge in [-0.05, 0) is 25.5 Å². The molecule has 0 fully saturated rings. The van der Waals surface area contributed by atoms with Gasteiger partial charge in [-0.15, -0.1) is 0 Å². The average Bonchev–Trinajstić information content (AvgIpc) is 2.28. The van der Waals surface area contributed by atoms with Crippen LogP contribution < -0.4 is 5.73 Å². The SMILES string of the molecule is Cc1cccc(N)c1C(=O)N(C)CC(C)C#N. The van der Waals surface area contributed by atoms with Crippen LogP contribution in [0.5, 0.6) is 0 Å². The van der Waals surface area contributed by atoms with Gasteiger partial charge in [-0.2, -0.15) is 5.26 Å². The summed E-state index contributed by atoms with van der Waals surface area (Å²) in [6.45, 7) is 4.04. The molecule has 1 unspecified atom stereocenters.